The zero-order valence-corrected chi connectivity index (χ0v) is 7.63. The summed E-state index contributed by atoms with van der Waals surface area (Å²) >= 11 is 0.475. The van der Waals surface area contributed by atoms with Crippen LogP contribution in [0.25, 0.3) is 0 Å². The average Bonchev–Trinajstić information content (AvgIpc) is 2.16. The maximum absolute atomic E-state index is 11.2. The summed E-state index contributed by atoms with van der Waals surface area (Å²) in [7, 11) is 0. The minimum absolute atomic E-state index is 0.209. The lowest BCUT2D eigenvalue weighted by Gasteiger charge is -2.28. The highest BCUT2D eigenvalue weighted by Gasteiger charge is 2.35. The van der Waals surface area contributed by atoms with Gasteiger partial charge in [-0.1, -0.05) is 0 Å². The first-order valence-electron chi connectivity index (χ1n) is 4.07. The summed E-state index contributed by atoms with van der Waals surface area (Å²) in [5.41, 5.74) is 0. The fraction of sp³-hybridized carbons (Fsp3) is 0.714. The Kier molecular flexibility index (Phi) is 2.41. The minimum Gasteiger partial charge on any atom is -0.354 e. The molecular formula is C7H9NO4S. The smallest absolute Gasteiger partial charge is 0.325 e. The van der Waals surface area contributed by atoms with Crippen LogP contribution in [0, 0.1) is 11.8 Å². The summed E-state index contributed by atoms with van der Waals surface area (Å²) < 4.78 is 9.27. The SMILES string of the molecule is O=C1OSOC(=O)C2CNCC1C2. The van der Waals surface area contributed by atoms with E-state index in [4.69, 9.17) is 0 Å². The van der Waals surface area contributed by atoms with Gasteiger partial charge in [0.25, 0.3) is 12.3 Å². The Labute approximate surface area is 79.6 Å². The van der Waals surface area contributed by atoms with Crippen LogP contribution in [0.15, 0.2) is 0 Å². The Morgan fingerprint density at radius 2 is 1.69 bits per heavy atom. The van der Waals surface area contributed by atoms with Gasteiger partial charge in [-0.05, 0) is 6.42 Å². The van der Waals surface area contributed by atoms with Crippen molar-refractivity contribution in [2.75, 3.05) is 13.1 Å². The molecule has 6 heteroatoms. The second kappa shape index (κ2) is 3.55. The highest BCUT2D eigenvalue weighted by atomic mass is 32.2. The van der Waals surface area contributed by atoms with E-state index in [1.807, 2.05) is 0 Å². The highest BCUT2D eigenvalue weighted by Crippen LogP contribution is 2.25. The summed E-state index contributed by atoms with van der Waals surface area (Å²) in [6, 6.07) is 0. The molecule has 2 aliphatic heterocycles. The lowest BCUT2D eigenvalue weighted by atomic mass is 9.91. The Hall–Kier alpha value is -0.750. The molecule has 2 fully saturated rings. The number of piperidine rings is 1. The van der Waals surface area contributed by atoms with Crippen molar-refractivity contribution in [3.63, 3.8) is 0 Å². The van der Waals surface area contributed by atoms with Gasteiger partial charge in [-0.2, -0.15) is 0 Å². The molecule has 72 valence electrons. The van der Waals surface area contributed by atoms with Crippen molar-refractivity contribution in [2.24, 2.45) is 11.8 Å². The lowest BCUT2D eigenvalue weighted by Crippen LogP contribution is -2.44. The number of carbonyl (C=O) groups excluding carboxylic acids is 2. The third-order valence-electron chi connectivity index (χ3n) is 2.25. The van der Waals surface area contributed by atoms with E-state index in [1.54, 1.807) is 0 Å². The van der Waals surface area contributed by atoms with Gasteiger partial charge in [0.05, 0.1) is 11.8 Å². The molecule has 2 bridgehead atoms. The molecule has 0 aromatic carbocycles. The first kappa shape index (κ1) is 8.83. The molecule has 0 aliphatic carbocycles. The second-order valence-electron chi connectivity index (χ2n) is 3.16. The Morgan fingerprint density at radius 3 is 2.23 bits per heavy atom. The Balaban J connectivity index is 2.11. The lowest BCUT2D eigenvalue weighted by molar-refractivity contribution is -0.146. The maximum Gasteiger partial charge on any atom is 0.325 e. The summed E-state index contributed by atoms with van der Waals surface area (Å²) in [6.07, 6.45) is 0.533. The van der Waals surface area contributed by atoms with E-state index in [1.165, 1.54) is 0 Å². The summed E-state index contributed by atoms with van der Waals surface area (Å²) in [5, 5.41) is 3.00. The van der Waals surface area contributed by atoms with E-state index >= 15 is 0 Å². The van der Waals surface area contributed by atoms with Crippen LogP contribution in [0.5, 0.6) is 0 Å². The molecule has 2 atom stereocenters. The molecular weight excluding hydrogens is 194 g/mol. The number of fused-ring (bicyclic) bond motifs is 2. The van der Waals surface area contributed by atoms with E-state index in [-0.39, 0.29) is 23.8 Å². The number of nitrogens with one attached hydrogen (secondary N) is 1. The maximum atomic E-state index is 11.2. The quantitative estimate of drug-likeness (QED) is 0.553. The van der Waals surface area contributed by atoms with Gasteiger partial charge in [0.1, 0.15) is 0 Å². The second-order valence-corrected chi connectivity index (χ2v) is 3.63. The average molecular weight is 203 g/mol. The molecule has 0 saturated carbocycles. The van der Waals surface area contributed by atoms with Gasteiger partial charge in [-0.15, -0.1) is 0 Å². The van der Waals surface area contributed by atoms with Gasteiger partial charge in [0, 0.05) is 13.1 Å². The van der Waals surface area contributed by atoms with E-state index in [9.17, 15) is 9.59 Å². The third-order valence-corrected chi connectivity index (χ3v) is 2.71. The first-order valence-corrected chi connectivity index (χ1v) is 4.73. The van der Waals surface area contributed by atoms with Crippen LogP contribution in [-0.4, -0.2) is 25.0 Å². The zero-order valence-electron chi connectivity index (χ0n) is 6.82. The van der Waals surface area contributed by atoms with Gasteiger partial charge in [-0.3, -0.25) is 9.59 Å². The fourth-order valence-corrected chi connectivity index (χ4v) is 1.96. The topological polar surface area (TPSA) is 64.6 Å². The molecule has 2 heterocycles. The van der Waals surface area contributed by atoms with Crippen LogP contribution in [0.1, 0.15) is 6.42 Å². The predicted molar refractivity (Wildman–Crippen MR) is 44.2 cm³/mol. The van der Waals surface area contributed by atoms with Gasteiger partial charge in [0.2, 0.25) is 0 Å². The monoisotopic (exact) mass is 203 g/mol. The number of hydrogen-bond donors (Lipinski definition) is 1. The van der Waals surface area contributed by atoms with E-state index in [0.29, 0.717) is 31.8 Å². The van der Waals surface area contributed by atoms with Gasteiger partial charge in [-0.25, -0.2) is 0 Å². The summed E-state index contributed by atoms with van der Waals surface area (Å²) in [5.74, 6) is -1.04. The third kappa shape index (κ3) is 1.78. The van der Waals surface area contributed by atoms with Gasteiger partial charge in [0.15, 0.2) is 0 Å². The number of carbonyl (C=O) groups is 2. The van der Waals surface area contributed by atoms with Gasteiger partial charge < -0.3 is 13.7 Å². The van der Waals surface area contributed by atoms with Crippen LogP contribution in [0.4, 0.5) is 0 Å². The summed E-state index contributed by atoms with van der Waals surface area (Å²) in [4.78, 5) is 22.4. The van der Waals surface area contributed by atoms with E-state index < -0.39 is 0 Å². The van der Waals surface area contributed by atoms with Crippen molar-refractivity contribution in [1.82, 2.24) is 5.32 Å². The van der Waals surface area contributed by atoms with Crippen molar-refractivity contribution >= 4 is 24.3 Å². The van der Waals surface area contributed by atoms with Crippen LogP contribution in [0.3, 0.4) is 0 Å². The van der Waals surface area contributed by atoms with Crippen molar-refractivity contribution in [3.8, 4) is 0 Å². The fourth-order valence-electron chi connectivity index (χ4n) is 1.52. The largest absolute Gasteiger partial charge is 0.354 e. The van der Waals surface area contributed by atoms with Crippen LogP contribution in [0.2, 0.25) is 0 Å². The minimum atomic E-state index is -0.310. The molecule has 1 N–H and O–H groups in total. The molecule has 5 nitrogen and oxygen atoms in total. The van der Waals surface area contributed by atoms with Crippen molar-refractivity contribution in [2.45, 2.75) is 6.42 Å². The van der Waals surface area contributed by atoms with Gasteiger partial charge >= 0.3 is 11.9 Å². The molecule has 0 aromatic heterocycles. The summed E-state index contributed by atoms with van der Waals surface area (Å²) in [6.45, 7) is 1.17. The van der Waals surface area contributed by atoms with Crippen molar-refractivity contribution < 1.29 is 18.0 Å². The zero-order chi connectivity index (χ0) is 9.26. The molecule has 2 aliphatic rings. The highest BCUT2D eigenvalue weighted by molar-refractivity contribution is 7.90. The molecule has 0 radical (unpaired) electrons. The Bertz CT molecular complexity index is 223. The molecule has 2 rings (SSSR count). The molecule has 0 aromatic rings. The predicted octanol–water partition coefficient (Wildman–Crippen LogP) is -0.125. The number of rotatable bonds is 0. The first-order chi connectivity index (χ1) is 6.27. The molecule has 13 heavy (non-hydrogen) atoms. The van der Waals surface area contributed by atoms with Crippen LogP contribution in [-0.2, 0) is 18.0 Å². The Morgan fingerprint density at radius 1 is 1.15 bits per heavy atom. The molecule has 0 spiro atoms. The van der Waals surface area contributed by atoms with Crippen molar-refractivity contribution in [3.05, 3.63) is 0 Å². The van der Waals surface area contributed by atoms with E-state index in [0.717, 1.165) is 0 Å². The number of hydrogen-bond acceptors (Lipinski definition) is 6. The standard InChI is InChI=1S/C7H9NO4S/c9-6-4-1-5(3-8-2-4)7(10)12-13-11-6/h4-5,8H,1-3H2. The van der Waals surface area contributed by atoms with Crippen molar-refractivity contribution in [1.29, 1.82) is 0 Å². The molecule has 0 amide bonds. The normalized spacial score (nSPS) is 34.2. The molecule has 2 unspecified atom stereocenters. The van der Waals surface area contributed by atoms with Crippen LogP contribution < -0.4 is 5.32 Å². The van der Waals surface area contributed by atoms with Crippen LogP contribution >= 0.6 is 12.3 Å². The molecule has 2 saturated heterocycles. The van der Waals surface area contributed by atoms with E-state index in [2.05, 4.69) is 13.7 Å².